The molecule has 2 aliphatic heterocycles. The van der Waals surface area contributed by atoms with Crippen molar-refractivity contribution in [3.05, 3.63) is 33.7 Å². The van der Waals surface area contributed by atoms with Gasteiger partial charge in [-0.3, -0.25) is 14.5 Å². The van der Waals surface area contributed by atoms with Crippen LogP contribution in [-0.4, -0.2) is 65.8 Å². The van der Waals surface area contributed by atoms with Crippen LogP contribution < -0.4 is 10.4 Å². The second-order valence-electron chi connectivity index (χ2n) is 6.32. The lowest BCUT2D eigenvalue weighted by Gasteiger charge is -2.50. The van der Waals surface area contributed by atoms with Crippen molar-refractivity contribution < 1.29 is 19.5 Å². The molecule has 1 fully saturated rings. The van der Waals surface area contributed by atoms with E-state index in [4.69, 9.17) is 0 Å². The number of aryl methyl sites for hydroxylation is 1. The van der Waals surface area contributed by atoms with Crippen LogP contribution in [0.1, 0.15) is 4.88 Å². The molecule has 0 saturated carbocycles. The number of carboxylic acid groups (broad SMARTS) is 1. The van der Waals surface area contributed by atoms with Crippen LogP contribution in [-0.2, 0) is 27.9 Å². The van der Waals surface area contributed by atoms with E-state index in [1.807, 2.05) is 17.5 Å². The fraction of sp³-hybridized carbons (Fsp3) is 0.375. The van der Waals surface area contributed by atoms with Crippen LogP contribution in [0.15, 0.2) is 33.9 Å². The zero-order valence-electron chi connectivity index (χ0n) is 15.1. The van der Waals surface area contributed by atoms with Crippen LogP contribution >= 0.6 is 34.9 Å². The number of rotatable bonds is 7. The van der Waals surface area contributed by atoms with E-state index in [-0.39, 0.29) is 18.0 Å². The minimum atomic E-state index is -1.40. The number of carbonyl (C=O) groups is 3. The van der Waals surface area contributed by atoms with Crippen molar-refractivity contribution in [3.8, 4) is 0 Å². The summed E-state index contributed by atoms with van der Waals surface area (Å²) in [4.78, 5) is 38.7. The molecule has 2 aromatic heterocycles. The molecule has 13 heteroatoms. The average Bonchev–Trinajstić information content (AvgIpc) is 3.35. The predicted octanol–water partition coefficient (Wildman–Crippen LogP) is -0.990. The number of β-lactam (4-membered cyclic amide) rings is 1. The molecule has 152 valence electrons. The number of fused-ring (bicyclic) bond motifs is 1. The normalized spacial score (nSPS) is 21.0. The Hall–Kier alpha value is -2.38. The summed E-state index contributed by atoms with van der Waals surface area (Å²) >= 11 is 4.16. The topological polar surface area (TPSA) is 133 Å². The van der Waals surface area contributed by atoms with E-state index in [9.17, 15) is 19.5 Å². The molecule has 0 aliphatic carbocycles. The zero-order valence-corrected chi connectivity index (χ0v) is 17.6. The highest BCUT2D eigenvalue weighted by molar-refractivity contribution is 8.01. The first-order valence-electron chi connectivity index (χ1n) is 8.50. The van der Waals surface area contributed by atoms with Gasteiger partial charge in [-0.1, -0.05) is 17.8 Å². The Labute approximate surface area is 177 Å². The first-order valence-corrected chi connectivity index (χ1v) is 11.4. The van der Waals surface area contributed by atoms with Crippen molar-refractivity contribution in [2.24, 2.45) is 7.05 Å². The van der Waals surface area contributed by atoms with Gasteiger partial charge in [0.1, 0.15) is 11.4 Å². The number of aliphatic carboxylic acids is 1. The van der Waals surface area contributed by atoms with Gasteiger partial charge in [0.05, 0.1) is 18.1 Å². The molecule has 2 aromatic rings. The average molecular weight is 452 g/mol. The Morgan fingerprint density at radius 1 is 1.45 bits per heavy atom. The highest BCUT2D eigenvalue weighted by atomic mass is 32.2. The molecule has 1 saturated heterocycles. The molecule has 2 atom stereocenters. The molecule has 0 unspecified atom stereocenters. The smallest absolute Gasteiger partial charge is 0.253 e. The Bertz CT molecular complexity index is 989. The molecule has 1 N–H and O–H groups in total. The van der Waals surface area contributed by atoms with Crippen molar-refractivity contribution in [2.75, 3.05) is 11.5 Å². The summed E-state index contributed by atoms with van der Waals surface area (Å²) in [7, 11) is 1.68. The summed E-state index contributed by atoms with van der Waals surface area (Å²) < 4.78 is 1.48. The molecule has 0 spiro atoms. The van der Waals surface area contributed by atoms with Crippen LogP contribution in [0, 0.1) is 0 Å². The summed E-state index contributed by atoms with van der Waals surface area (Å²) in [6.45, 7) is 0. The Balaban J connectivity index is 1.45. The van der Waals surface area contributed by atoms with Gasteiger partial charge in [-0.15, -0.1) is 28.2 Å². The lowest BCUT2D eigenvalue weighted by atomic mass is 10.0. The molecule has 4 heterocycles. The Morgan fingerprint density at radius 2 is 2.28 bits per heavy atom. The summed E-state index contributed by atoms with van der Waals surface area (Å²) in [5.41, 5.74) is 0.445. The highest BCUT2D eigenvalue weighted by Crippen LogP contribution is 2.41. The Morgan fingerprint density at radius 3 is 2.93 bits per heavy atom. The van der Waals surface area contributed by atoms with E-state index in [1.165, 1.54) is 44.4 Å². The fourth-order valence-corrected chi connectivity index (χ4v) is 6.11. The minimum absolute atomic E-state index is 0.120. The van der Waals surface area contributed by atoms with Gasteiger partial charge >= 0.3 is 0 Å². The lowest BCUT2D eigenvalue weighted by molar-refractivity contribution is -0.301. The lowest BCUT2D eigenvalue weighted by Crippen LogP contribution is -2.71. The number of carboxylic acids is 1. The number of hydrogen-bond acceptors (Lipinski definition) is 10. The largest absolute Gasteiger partial charge is 0.543 e. The molecule has 0 radical (unpaired) electrons. The minimum Gasteiger partial charge on any atom is -0.543 e. The van der Waals surface area contributed by atoms with Gasteiger partial charge in [0.15, 0.2) is 0 Å². The number of thioether (sulfide) groups is 2. The first kappa shape index (κ1) is 19.9. The van der Waals surface area contributed by atoms with Crippen LogP contribution in [0.3, 0.4) is 0 Å². The van der Waals surface area contributed by atoms with Gasteiger partial charge in [-0.2, -0.15) is 0 Å². The Kier molecular flexibility index (Phi) is 5.61. The van der Waals surface area contributed by atoms with Crippen molar-refractivity contribution in [2.45, 2.75) is 23.0 Å². The summed E-state index contributed by atoms with van der Waals surface area (Å²) in [6, 6.07) is 2.97. The standard InChI is InChI=1S/C16H16N6O4S3/c1-21-16(18-19-20-21)29-7-8-6-28-14-11(13(24)22(14)12(8)15(25)26)17-10(23)5-9-3-2-4-27-9/h2-4,11,14H,5-7H2,1H3,(H,17,23)(H,25,26)/p-1/t11-,14-/m1/s1. The van der Waals surface area contributed by atoms with E-state index < -0.39 is 23.3 Å². The maximum absolute atomic E-state index is 12.6. The molecule has 29 heavy (non-hydrogen) atoms. The molecule has 10 nitrogen and oxygen atoms in total. The maximum atomic E-state index is 12.6. The molecule has 2 aliphatic rings. The number of aromatic nitrogens is 4. The van der Waals surface area contributed by atoms with Crippen molar-refractivity contribution in [3.63, 3.8) is 0 Å². The zero-order chi connectivity index (χ0) is 20.5. The molecule has 4 rings (SSSR count). The van der Waals surface area contributed by atoms with Crippen LogP contribution in [0.25, 0.3) is 0 Å². The van der Waals surface area contributed by atoms with Crippen molar-refractivity contribution in [1.82, 2.24) is 30.4 Å². The summed E-state index contributed by atoms with van der Waals surface area (Å²) in [5.74, 6) is -1.38. The van der Waals surface area contributed by atoms with Crippen molar-refractivity contribution >= 4 is 52.6 Å². The number of carbonyl (C=O) groups excluding carboxylic acids is 3. The van der Waals surface area contributed by atoms with E-state index in [2.05, 4.69) is 20.8 Å². The van der Waals surface area contributed by atoms with Gasteiger partial charge in [0, 0.05) is 23.4 Å². The fourth-order valence-electron chi connectivity index (χ4n) is 3.07. The SMILES string of the molecule is Cn1nnnc1SCC1=C(C(=O)[O-])N2C(=O)[C@@H](NC(=O)Cc3cccs3)[C@H]2SC1. The van der Waals surface area contributed by atoms with E-state index in [0.29, 0.717) is 22.2 Å². The third kappa shape index (κ3) is 3.89. The van der Waals surface area contributed by atoms with Crippen LogP contribution in [0.5, 0.6) is 0 Å². The van der Waals surface area contributed by atoms with Crippen LogP contribution in [0.4, 0.5) is 0 Å². The molecule has 0 bridgehead atoms. The van der Waals surface area contributed by atoms with E-state index >= 15 is 0 Å². The number of amides is 2. The molecular weight excluding hydrogens is 436 g/mol. The third-order valence-electron chi connectivity index (χ3n) is 4.43. The number of thiophene rings is 1. The third-order valence-corrected chi connectivity index (χ3v) is 7.74. The van der Waals surface area contributed by atoms with Gasteiger partial charge < -0.3 is 15.2 Å². The second kappa shape index (κ2) is 8.16. The van der Waals surface area contributed by atoms with Crippen molar-refractivity contribution in [1.29, 1.82) is 0 Å². The van der Waals surface area contributed by atoms with Crippen LogP contribution in [0.2, 0.25) is 0 Å². The predicted molar refractivity (Wildman–Crippen MR) is 105 cm³/mol. The van der Waals surface area contributed by atoms with Gasteiger partial charge in [-0.05, 0) is 27.4 Å². The summed E-state index contributed by atoms with van der Waals surface area (Å²) in [6.07, 6.45) is 0.190. The maximum Gasteiger partial charge on any atom is 0.253 e. The second-order valence-corrected chi connectivity index (χ2v) is 9.40. The highest BCUT2D eigenvalue weighted by Gasteiger charge is 2.52. The van der Waals surface area contributed by atoms with E-state index in [1.54, 1.807) is 7.05 Å². The number of nitrogens with zero attached hydrogens (tertiary/aromatic N) is 5. The van der Waals surface area contributed by atoms with Gasteiger partial charge in [0.2, 0.25) is 11.1 Å². The van der Waals surface area contributed by atoms with Gasteiger partial charge in [-0.25, -0.2) is 4.68 Å². The first-order chi connectivity index (χ1) is 14.0. The van der Waals surface area contributed by atoms with Gasteiger partial charge in [0.25, 0.3) is 5.91 Å². The quantitative estimate of drug-likeness (QED) is 0.416. The molecular formula is C16H15N6O4S3-. The summed E-state index contributed by atoms with van der Waals surface area (Å²) in [5, 5.41) is 27.6. The number of hydrogen-bond donors (Lipinski definition) is 1. The number of nitrogens with one attached hydrogen (secondary N) is 1. The number of tetrazole rings is 1. The van der Waals surface area contributed by atoms with E-state index in [0.717, 1.165) is 4.88 Å². The molecule has 2 amide bonds. The molecule has 0 aromatic carbocycles. The monoisotopic (exact) mass is 451 g/mol.